The third-order valence-corrected chi connectivity index (χ3v) is 6.09. The number of carbonyl (C=O) groups is 1. The Kier molecular flexibility index (Phi) is 7.49. The van der Waals surface area contributed by atoms with Crippen molar-refractivity contribution < 1.29 is 27.2 Å². The molecule has 2 aromatic carbocycles. The highest BCUT2D eigenvalue weighted by Gasteiger charge is 2.23. The minimum Gasteiger partial charge on any atom is -0.494 e. The third kappa shape index (κ3) is 6.08. The molecule has 0 aliphatic heterocycles. The van der Waals surface area contributed by atoms with Crippen molar-refractivity contribution in [2.75, 3.05) is 18.5 Å². The molecule has 1 aromatic heterocycles. The highest BCUT2D eigenvalue weighted by atomic mass is 32.2. The average molecular weight is 460 g/mol. The summed E-state index contributed by atoms with van der Waals surface area (Å²) in [4.78, 5) is 12.2. The number of carbonyl (C=O) groups excluding carboxylic acids is 1. The van der Waals surface area contributed by atoms with Crippen LogP contribution in [0.25, 0.3) is 0 Å². The second-order valence-electron chi connectivity index (χ2n) is 6.88. The fraction of sp³-hybridized carbons (Fsp3) is 0.273. The van der Waals surface area contributed by atoms with Crippen LogP contribution < -0.4 is 19.5 Å². The summed E-state index contributed by atoms with van der Waals surface area (Å²) >= 11 is 0. The third-order valence-electron chi connectivity index (χ3n) is 4.39. The fourth-order valence-corrected chi connectivity index (χ4v) is 4.32. The summed E-state index contributed by atoms with van der Waals surface area (Å²) in [7, 11) is -3.80. The molecule has 1 amide bonds. The molecule has 0 saturated heterocycles. The number of hydrogen-bond acceptors (Lipinski definition) is 7. The quantitative estimate of drug-likeness (QED) is 0.473. The first-order chi connectivity index (χ1) is 15.3. The van der Waals surface area contributed by atoms with Crippen molar-refractivity contribution in [1.82, 2.24) is 9.88 Å². The molecule has 3 aromatic rings. The molecule has 0 aliphatic carbocycles. The van der Waals surface area contributed by atoms with Gasteiger partial charge in [-0.15, -0.1) is 0 Å². The molecule has 0 aliphatic rings. The molecule has 9 nitrogen and oxygen atoms in total. The zero-order valence-electron chi connectivity index (χ0n) is 18.0. The smallest absolute Gasteiger partial charge is 0.245 e. The Morgan fingerprint density at radius 1 is 1.00 bits per heavy atom. The van der Waals surface area contributed by atoms with Crippen LogP contribution in [0.15, 0.2) is 57.9 Å². The lowest BCUT2D eigenvalue weighted by Gasteiger charge is -2.09. The van der Waals surface area contributed by atoms with E-state index < -0.39 is 10.0 Å². The van der Waals surface area contributed by atoms with Crippen LogP contribution in [0.2, 0.25) is 0 Å². The Bertz CT molecular complexity index is 1140. The molecule has 0 atom stereocenters. The Labute approximate surface area is 186 Å². The van der Waals surface area contributed by atoms with Crippen molar-refractivity contribution in [2.24, 2.45) is 0 Å². The first-order valence-electron chi connectivity index (χ1n) is 10.0. The van der Waals surface area contributed by atoms with E-state index in [1.165, 1.54) is 6.92 Å². The summed E-state index contributed by atoms with van der Waals surface area (Å²) in [6.45, 7) is 5.52. The van der Waals surface area contributed by atoms with E-state index >= 15 is 0 Å². The number of nitrogens with one attached hydrogen (secondary N) is 2. The van der Waals surface area contributed by atoms with Crippen LogP contribution in [0.5, 0.6) is 17.2 Å². The molecular weight excluding hydrogens is 434 g/mol. The van der Waals surface area contributed by atoms with Gasteiger partial charge in [0.05, 0.1) is 6.61 Å². The maximum atomic E-state index is 12.3. The molecule has 0 spiro atoms. The summed E-state index contributed by atoms with van der Waals surface area (Å²) < 4.78 is 43.1. The minimum atomic E-state index is -3.80. The molecular formula is C22H25N3O6S. The van der Waals surface area contributed by atoms with Crippen molar-refractivity contribution in [3.63, 3.8) is 0 Å². The molecule has 10 heteroatoms. The Morgan fingerprint density at radius 3 is 2.16 bits per heavy atom. The number of rotatable bonds is 10. The zero-order valence-corrected chi connectivity index (χ0v) is 18.9. The van der Waals surface area contributed by atoms with Crippen LogP contribution in [-0.4, -0.2) is 32.6 Å². The van der Waals surface area contributed by atoms with E-state index in [0.717, 1.165) is 5.75 Å². The fourth-order valence-electron chi connectivity index (χ4n) is 2.97. The number of ether oxygens (including phenoxy) is 2. The standard InChI is InChI=1S/C22H25N3O6S/c1-4-29-18-9-11-20(12-10-18)30-19-7-5-17(6-8-19)24-21(26)13-14-23-32(27,28)22-15(2)25-31-16(22)3/h5-12,23H,4,13-14H2,1-3H3,(H,24,26). The molecule has 170 valence electrons. The molecule has 0 saturated carbocycles. The summed E-state index contributed by atoms with van der Waals surface area (Å²) in [5.41, 5.74) is 0.842. The number of aromatic nitrogens is 1. The second-order valence-corrected chi connectivity index (χ2v) is 8.58. The van der Waals surface area contributed by atoms with Gasteiger partial charge in [0.15, 0.2) is 5.76 Å². The lowest BCUT2D eigenvalue weighted by molar-refractivity contribution is -0.116. The minimum absolute atomic E-state index is 0.000950. The predicted molar refractivity (Wildman–Crippen MR) is 119 cm³/mol. The van der Waals surface area contributed by atoms with Crippen LogP contribution >= 0.6 is 0 Å². The van der Waals surface area contributed by atoms with Gasteiger partial charge in [0, 0.05) is 18.7 Å². The number of anilines is 1. The summed E-state index contributed by atoms with van der Waals surface area (Å²) in [6, 6.07) is 14.1. The average Bonchev–Trinajstić information content (AvgIpc) is 3.10. The zero-order chi connectivity index (χ0) is 23.1. The highest BCUT2D eigenvalue weighted by molar-refractivity contribution is 7.89. The van der Waals surface area contributed by atoms with Crippen molar-refractivity contribution in [3.8, 4) is 17.2 Å². The monoisotopic (exact) mass is 459 g/mol. The van der Waals surface area contributed by atoms with E-state index in [0.29, 0.717) is 23.8 Å². The Hall–Kier alpha value is -3.37. The number of benzene rings is 2. The SMILES string of the molecule is CCOc1ccc(Oc2ccc(NC(=O)CCNS(=O)(=O)c3c(C)noc3C)cc2)cc1. The number of hydrogen-bond donors (Lipinski definition) is 2. The van der Waals surface area contributed by atoms with Gasteiger partial charge >= 0.3 is 0 Å². The molecule has 2 N–H and O–H groups in total. The summed E-state index contributed by atoms with van der Waals surface area (Å²) in [5, 5.41) is 6.36. The van der Waals surface area contributed by atoms with Crippen molar-refractivity contribution in [2.45, 2.75) is 32.1 Å². The maximum Gasteiger partial charge on any atom is 0.245 e. The van der Waals surface area contributed by atoms with Gasteiger partial charge in [-0.2, -0.15) is 0 Å². The van der Waals surface area contributed by atoms with E-state index in [1.54, 1.807) is 31.2 Å². The lowest BCUT2D eigenvalue weighted by atomic mass is 10.3. The first-order valence-corrected chi connectivity index (χ1v) is 11.5. The number of sulfonamides is 1. The van der Waals surface area contributed by atoms with E-state index in [2.05, 4.69) is 15.2 Å². The Morgan fingerprint density at radius 2 is 1.59 bits per heavy atom. The molecule has 0 fully saturated rings. The van der Waals surface area contributed by atoms with Gasteiger partial charge in [0.2, 0.25) is 15.9 Å². The van der Waals surface area contributed by atoms with Crippen LogP contribution in [0, 0.1) is 13.8 Å². The highest BCUT2D eigenvalue weighted by Crippen LogP contribution is 2.25. The first kappa shape index (κ1) is 23.3. The van der Waals surface area contributed by atoms with Crippen molar-refractivity contribution >= 4 is 21.6 Å². The maximum absolute atomic E-state index is 12.3. The van der Waals surface area contributed by atoms with Gasteiger partial charge in [-0.25, -0.2) is 13.1 Å². The van der Waals surface area contributed by atoms with Gasteiger partial charge in [-0.05, 0) is 69.3 Å². The van der Waals surface area contributed by atoms with Gasteiger partial charge in [-0.1, -0.05) is 5.16 Å². The van der Waals surface area contributed by atoms with Crippen molar-refractivity contribution in [3.05, 3.63) is 60.0 Å². The molecule has 0 bridgehead atoms. The normalized spacial score (nSPS) is 11.2. The molecule has 3 rings (SSSR count). The molecule has 0 radical (unpaired) electrons. The van der Waals surface area contributed by atoms with Crippen LogP contribution in [-0.2, 0) is 14.8 Å². The number of amides is 1. The molecule has 32 heavy (non-hydrogen) atoms. The summed E-state index contributed by atoms with van der Waals surface area (Å²) in [5.74, 6) is 1.92. The van der Waals surface area contributed by atoms with Crippen LogP contribution in [0.1, 0.15) is 24.8 Å². The lowest BCUT2D eigenvalue weighted by Crippen LogP contribution is -2.28. The summed E-state index contributed by atoms with van der Waals surface area (Å²) in [6.07, 6.45) is -0.0347. The van der Waals surface area contributed by atoms with Gasteiger partial charge in [0.1, 0.15) is 27.8 Å². The Balaban J connectivity index is 1.48. The predicted octanol–water partition coefficient (Wildman–Crippen LogP) is 3.79. The number of aryl methyl sites for hydroxylation is 2. The number of nitrogens with zero attached hydrogens (tertiary/aromatic N) is 1. The molecule has 0 unspecified atom stereocenters. The van der Waals surface area contributed by atoms with Gasteiger partial charge in [-0.3, -0.25) is 4.79 Å². The van der Waals surface area contributed by atoms with Crippen LogP contribution in [0.3, 0.4) is 0 Å². The molecule has 1 heterocycles. The largest absolute Gasteiger partial charge is 0.494 e. The van der Waals surface area contributed by atoms with Gasteiger partial charge < -0.3 is 19.3 Å². The van der Waals surface area contributed by atoms with Gasteiger partial charge in [0.25, 0.3) is 0 Å². The van der Waals surface area contributed by atoms with E-state index in [9.17, 15) is 13.2 Å². The topological polar surface area (TPSA) is 120 Å². The van der Waals surface area contributed by atoms with E-state index in [1.807, 2.05) is 31.2 Å². The second kappa shape index (κ2) is 10.3. The van der Waals surface area contributed by atoms with Crippen LogP contribution in [0.4, 0.5) is 5.69 Å². The van der Waals surface area contributed by atoms with E-state index in [-0.39, 0.29) is 35.2 Å². The van der Waals surface area contributed by atoms with E-state index in [4.69, 9.17) is 14.0 Å². The van der Waals surface area contributed by atoms with Crippen molar-refractivity contribution in [1.29, 1.82) is 0 Å².